The summed E-state index contributed by atoms with van der Waals surface area (Å²) in [6.45, 7) is 0. The highest BCUT2D eigenvalue weighted by molar-refractivity contribution is 5.74. The number of allylic oxidation sites excluding steroid dienone is 2. The third kappa shape index (κ3) is 1.80. The van der Waals surface area contributed by atoms with Crippen LogP contribution < -0.4 is 0 Å². The molecule has 100 valence electrons. The minimum atomic E-state index is 0.630. The fourth-order valence-corrected chi connectivity index (χ4v) is 5.15. The first-order valence-corrected chi connectivity index (χ1v) is 8.18. The minimum absolute atomic E-state index is 0.630. The molecule has 3 aliphatic carbocycles. The third-order valence-electron chi connectivity index (χ3n) is 5.89. The quantitative estimate of drug-likeness (QED) is 0.610. The fourth-order valence-electron chi connectivity index (χ4n) is 5.15. The van der Waals surface area contributed by atoms with Gasteiger partial charge < -0.3 is 0 Å². The van der Waals surface area contributed by atoms with Gasteiger partial charge in [0.05, 0.1) is 0 Å². The van der Waals surface area contributed by atoms with E-state index in [0.29, 0.717) is 5.41 Å². The summed E-state index contributed by atoms with van der Waals surface area (Å²) in [5.74, 6) is 0.873. The Morgan fingerprint density at radius 3 is 2.53 bits per heavy atom. The van der Waals surface area contributed by atoms with Crippen LogP contribution in [-0.4, -0.2) is 0 Å². The van der Waals surface area contributed by atoms with Gasteiger partial charge in [-0.25, -0.2) is 0 Å². The van der Waals surface area contributed by atoms with Crippen LogP contribution in [0, 0.1) is 11.3 Å². The summed E-state index contributed by atoms with van der Waals surface area (Å²) in [6.07, 6.45) is 13.1. The monoisotopic (exact) mass is 252 g/mol. The number of hydrogen-bond acceptors (Lipinski definition) is 0. The molecular weight excluding hydrogens is 228 g/mol. The van der Waals surface area contributed by atoms with Crippen molar-refractivity contribution in [2.45, 2.75) is 57.8 Å². The molecule has 4 rings (SSSR count). The number of fused-ring (bicyclic) bond motifs is 1. The predicted octanol–water partition coefficient (Wildman–Crippen LogP) is 5.59. The molecule has 1 aromatic carbocycles. The van der Waals surface area contributed by atoms with Crippen LogP contribution in [0.4, 0.5) is 0 Å². The molecule has 2 saturated carbocycles. The molecule has 0 radical (unpaired) electrons. The van der Waals surface area contributed by atoms with Crippen molar-refractivity contribution in [2.75, 3.05) is 0 Å². The first-order chi connectivity index (χ1) is 9.39. The van der Waals surface area contributed by atoms with Crippen molar-refractivity contribution in [3.05, 3.63) is 41.5 Å². The Balaban J connectivity index is 1.86. The van der Waals surface area contributed by atoms with E-state index < -0.39 is 0 Å². The van der Waals surface area contributed by atoms with Crippen molar-refractivity contribution < 1.29 is 0 Å². The molecule has 2 bridgehead atoms. The first-order valence-electron chi connectivity index (χ1n) is 8.18. The first kappa shape index (κ1) is 11.8. The molecule has 3 aliphatic rings. The molecule has 0 N–H and O–H groups in total. The maximum Gasteiger partial charge on any atom is -0.00761 e. The van der Waals surface area contributed by atoms with E-state index in [0.717, 1.165) is 5.92 Å². The summed E-state index contributed by atoms with van der Waals surface area (Å²) in [6, 6.07) is 11.3. The Hall–Kier alpha value is -1.04. The van der Waals surface area contributed by atoms with E-state index in [4.69, 9.17) is 0 Å². The average molecular weight is 252 g/mol. The summed E-state index contributed by atoms with van der Waals surface area (Å²) in [4.78, 5) is 0. The molecule has 0 heteroatoms. The smallest absolute Gasteiger partial charge is 0.00761 e. The summed E-state index contributed by atoms with van der Waals surface area (Å²) < 4.78 is 0. The van der Waals surface area contributed by atoms with Crippen molar-refractivity contribution in [3.63, 3.8) is 0 Å². The molecule has 2 fully saturated rings. The molecule has 0 saturated heterocycles. The second-order valence-electron chi connectivity index (χ2n) is 6.89. The molecule has 0 amide bonds. The van der Waals surface area contributed by atoms with Crippen molar-refractivity contribution in [1.29, 1.82) is 0 Å². The highest BCUT2D eigenvalue weighted by Gasteiger charge is 2.47. The number of hydrogen-bond donors (Lipinski definition) is 0. The molecular formula is C19H24. The van der Waals surface area contributed by atoms with Gasteiger partial charge in [-0.2, -0.15) is 0 Å². The molecule has 2 atom stereocenters. The molecule has 0 aromatic heterocycles. The zero-order chi connectivity index (χ0) is 12.7. The van der Waals surface area contributed by atoms with Crippen LogP contribution in [0.5, 0.6) is 0 Å². The summed E-state index contributed by atoms with van der Waals surface area (Å²) in [5.41, 5.74) is 5.83. The van der Waals surface area contributed by atoms with Crippen LogP contribution in [0.15, 0.2) is 35.9 Å². The van der Waals surface area contributed by atoms with Gasteiger partial charge >= 0.3 is 0 Å². The zero-order valence-electron chi connectivity index (χ0n) is 11.8. The summed E-state index contributed by atoms with van der Waals surface area (Å²) in [7, 11) is 0. The average Bonchev–Trinajstić information content (AvgIpc) is 2.63. The SMILES string of the molecule is c1ccc(C2=C3CCCC[C@]34CCCC[C@H]2C4)cc1. The van der Waals surface area contributed by atoms with Gasteiger partial charge in [-0.3, -0.25) is 0 Å². The summed E-state index contributed by atoms with van der Waals surface area (Å²) >= 11 is 0. The van der Waals surface area contributed by atoms with E-state index in [1.165, 1.54) is 63.4 Å². The molecule has 0 heterocycles. The van der Waals surface area contributed by atoms with Gasteiger partial charge in [-0.05, 0) is 61.0 Å². The lowest BCUT2D eigenvalue weighted by molar-refractivity contribution is 0.245. The Morgan fingerprint density at radius 2 is 1.68 bits per heavy atom. The third-order valence-corrected chi connectivity index (χ3v) is 5.89. The van der Waals surface area contributed by atoms with Crippen LogP contribution in [0.3, 0.4) is 0 Å². The standard InChI is InChI=1S/C19H24/c1-2-8-15(9-3-1)18-16-10-4-6-12-19(14-16)13-7-5-11-17(18)19/h1-3,8-9,16H,4-7,10-14H2/t16-,19-/m0/s1. The highest BCUT2D eigenvalue weighted by atomic mass is 14.5. The van der Waals surface area contributed by atoms with Crippen molar-refractivity contribution in [3.8, 4) is 0 Å². The maximum absolute atomic E-state index is 2.35. The van der Waals surface area contributed by atoms with Gasteiger partial charge in [0.2, 0.25) is 0 Å². The Morgan fingerprint density at radius 1 is 0.895 bits per heavy atom. The van der Waals surface area contributed by atoms with E-state index in [-0.39, 0.29) is 0 Å². The van der Waals surface area contributed by atoms with Gasteiger partial charge in [0.25, 0.3) is 0 Å². The van der Waals surface area contributed by atoms with E-state index in [1.807, 2.05) is 5.57 Å². The lowest BCUT2D eigenvalue weighted by Crippen LogP contribution is -2.23. The van der Waals surface area contributed by atoms with Crippen molar-refractivity contribution in [2.24, 2.45) is 11.3 Å². The van der Waals surface area contributed by atoms with Crippen LogP contribution in [0.2, 0.25) is 0 Å². The Bertz CT molecular complexity index is 496. The van der Waals surface area contributed by atoms with Crippen LogP contribution in [0.1, 0.15) is 63.4 Å². The largest absolute Gasteiger partial charge is 0.0622 e. The second kappa shape index (κ2) is 4.51. The van der Waals surface area contributed by atoms with Gasteiger partial charge in [-0.15, -0.1) is 0 Å². The van der Waals surface area contributed by atoms with E-state index in [1.54, 1.807) is 5.57 Å². The number of rotatable bonds is 1. The molecule has 19 heavy (non-hydrogen) atoms. The topological polar surface area (TPSA) is 0 Å². The number of benzene rings is 1. The van der Waals surface area contributed by atoms with Gasteiger partial charge in [0.1, 0.15) is 0 Å². The van der Waals surface area contributed by atoms with E-state index in [9.17, 15) is 0 Å². The Kier molecular flexibility index (Phi) is 2.79. The lowest BCUT2D eigenvalue weighted by Gasteiger charge is -2.37. The fraction of sp³-hybridized carbons (Fsp3) is 0.579. The molecule has 0 nitrogen and oxygen atoms in total. The normalized spacial score (nSPS) is 34.0. The maximum atomic E-state index is 2.35. The van der Waals surface area contributed by atoms with Crippen LogP contribution in [0.25, 0.3) is 5.57 Å². The molecule has 1 spiro atoms. The van der Waals surface area contributed by atoms with Gasteiger partial charge in [0, 0.05) is 0 Å². The highest BCUT2D eigenvalue weighted by Crippen LogP contribution is 2.61. The van der Waals surface area contributed by atoms with E-state index >= 15 is 0 Å². The van der Waals surface area contributed by atoms with Crippen molar-refractivity contribution in [1.82, 2.24) is 0 Å². The van der Waals surface area contributed by atoms with Crippen LogP contribution in [-0.2, 0) is 0 Å². The molecule has 1 aromatic rings. The lowest BCUT2D eigenvalue weighted by atomic mass is 9.68. The molecule has 0 aliphatic heterocycles. The minimum Gasteiger partial charge on any atom is -0.0622 e. The second-order valence-corrected chi connectivity index (χ2v) is 6.89. The van der Waals surface area contributed by atoms with Gasteiger partial charge in [-0.1, -0.05) is 55.2 Å². The predicted molar refractivity (Wildman–Crippen MR) is 80.8 cm³/mol. The van der Waals surface area contributed by atoms with Crippen LogP contribution >= 0.6 is 0 Å². The van der Waals surface area contributed by atoms with E-state index in [2.05, 4.69) is 30.3 Å². The van der Waals surface area contributed by atoms with Gasteiger partial charge in [0.15, 0.2) is 0 Å². The molecule has 0 unspecified atom stereocenters. The summed E-state index contributed by atoms with van der Waals surface area (Å²) in [5, 5.41) is 0. The Labute approximate surface area is 116 Å². The zero-order valence-corrected chi connectivity index (χ0v) is 11.8. The van der Waals surface area contributed by atoms with Crippen molar-refractivity contribution >= 4 is 5.57 Å².